The molecule has 0 radical (unpaired) electrons. The molecule has 0 spiro atoms. The van der Waals surface area contributed by atoms with Gasteiger partial charge in [0.05, 0.1) is 6.61 Å². The molecule has 4 nitrogen and oxygen atoms in total. The predicted octanol–water partition coefficient (Wildman–Crippen LogP) is 3.74. The van der Waals surface area contributed by atoms with Gasteiger partial charge in [-0.2, -0.15) is 0 Å². The Hall–Kier alpha value is -0.690. The van der Waals surface area contributed by atoms with E-state index in [1.165, 1.54) is 0 Å². The topological polar surface area (TPSA) is 59.6 Å². The first-order chi connectivity index (χ1) is 9.28. The highest BCUT2D eigenvalue weighted by Crippen LogP contribution is 2.21. The number of nitrogens with zero attached hydrogens (tertiary/aromatic N) is 1. The average molecular weight is 426 g/mol. The van der Waals surface area contributed by atoms with E-state index in [1.807, 2.05) is 45.9 Å². The fraction of sp³-hybridized carbons (Fsp3) is 0.533. The minimum atomic E-state index is -0.0650. The molecule has 21 heavy (non-hydrogen) atoms. The lowest BCUT2D eigenvalue weighted by Crippen LogP contribution is -2.45. The van der Waals surface area contributed by atoms with Crippen LogP contribution in [0.1, 0.15) is 32.8 Å². The zero-order valence-corrected chi connectivity index (χ0v) is 16.2. The lowest BCUT2D eigenvalue weighted by atomic mass is 10.1. The Morgan fingerprint density at radius 3 is 2.62 bits per heavy atom. The molecule has 3 N–H and O–H groups in total. The maximum absolute atomic E-state index is 5.89. The summed E-state index contributed by atoms with van der Waals surface area (Å²) in [7, 11) is 0. The van der Waals surface area contributed by atoms with E-state index in [0.29, 0.717) is 19.1 Å². The van der Waals surface area contributed by atoms with Crippen molar-refractivity contribution in [3.05, 3.63) is 28.8 Å². The first-order valence-electron chi connectivity index (χ1n) is 6.75. The molecule has 0 aliphatic heterocycles. The second kappa shape index (κ2) is 9.35. The molecule has 0 aliphatic rings. The number of aryl methyl sites for hydroxylation is 1. The van der Waals surface area contributed by atoms with Crippen LogP contribution in [-0.2, 0) is 0 Å². The van der Waals surface area contributed by atoms with Gasteiger partial charge in [0.15, 0.2) is 5.96 Å². The van der Waals surface area contributed by atoms with Crippen LogP contribution in [0.5, 0.6) is 5.75 Å². The van der Waals surface area contributed by atoms with Crippen LogP contribution in [0.25, 0.3) is 0 Å². The summed E-state index contributed by atoms with van der Waals surface area (Å²) in [5.74, 6) is 1.33. The molecule has 0 saturated heterocycles. The van der Waals surface area contributed by atoms with E-state index in [9.17, 15) is 0 Å². The molecule has 1 aromatic carbocycles. The summed E-state index contributed by atoms with van der Waals surface area (Å²) < 4.78 is 5.69. The quantitative estimate of drug-likeness (QED) is 0.327. The van der Waals surface area contributed by atoms with Crippen molar-refractivity contribution in [3.8, 4) is 5.75 Å². The fourth-order valence-electron chi connectivity index (χ4n) is 1.64. The Labute approximate surface area is 149 Å². The molecule has 0 aliphatic carbocycles. The molecule has 120 valence electrons. The molecule has 0 atom stereocenters. The first-order valence-corrected chi connectivity index (χ1v) is 7.13. The third-order valence-electron chi connectivity index (χ3n) is 2.48. The molecule has 0 bridgehead atoms. The number of aliphatic imine (C=N–C) groups is 1. The number of rotatable bonds is 5. The molecule has 0 aromatic heterocycles. The van der Waals surface area contributed by atoms with Crippen molar-refractivity contribution in [2.45, 2.75) is 39.7 Å². The monoisotopic (exact) mass is 425 g/mol. The van der Waals surface area contributed by atoms with Crippen LogP contribution in [0.3, 0.4) is 0 Å². The van der Waals surface area contributed by atoms with Gasteiger partial charge in [-0.05, 0) is 51.5 Å². The summed E-state index contributed by atoms with van der Waals surface area (Å²) in [4.78, 5) is 4.26. The molecule has 0 fully saturated rings. The van der Waals surface area contributed by atoms with Gasteiger partial charge in [-0.15, -0.1) is 24.0 Å². The molecule has 0 amide bonds. The van der Waals surface area contributed by atoms with Gasteiger partial charge in [0.1, 0.15) is 5.75 Å². The Balaban J connectivity index is 0.00000400. The third kappa shape index (κ3) is 9.03. The van der Waals surface area contributed by atoms with Crippen LogP contribution in [0.15, 0.2) is 23.2 Å². The van der Waals surface area contributed by atoms with E-state index < -0.39 is 0 Å². The van der Waals surface area contributed by atoms with Gasteiger partial charge < -0.3 is 15.8 Å². The third-order valence-corrected chi connectivity index (χ3v) is 2.72. The van der Waals surface area contributed by atoms with Crippen LogP contribution < -0.4 is 15.8 Å². The number of hydrogen-bond acceptors (Lipinski definition) is 2. The molecule has 0 heterocycles. The summed E-state index contributed by atoms with van der Waals surface area (Å²) >= 11 is 5.89. The lowest BCUT2D eigenvalue weighted by molar-refractivity contribution is 0.311. The standard InChI is InChI=1S/C15H24ClN3O.HI/c1-11-10-12(16)6-7-13(11)20-9-5-8-18-14(17)19-15(2,3)4;/h6-7,10H,5,8-9H2,1-4H3,(H3,17,18,19);1H. The zero-order valence-electron chi connectivity index (χ0n) is 13.1. The molecule has 1 rings (SSSR count). The highest BCUT2D eigenvalue weighted by atomic mass is 127. The van der Waals surface area contributed by atoms with Crippen LogP contribution in [0.2, 0.25) is 5.02 Å². The Bertz CT molecular complexity index is 472. The SMILES string of the molecule is Cc1cc(Cl)ccc1OCCCN=C(N)NC(C)(C)C.I. The van der Waals surface area contributed by atoms with Gasteiger partial charge >= 0.3 is 0 Å². The van der Waals surface area contributed by atoms with E-state index in [2.05, 4.69) is 10.3 Å². The van der Waals surface area contributed by atoms with E-state index in [0.717, 1.165) is 22.8 Å². The van der Waals surface area contributed by atoms with Gasteiger partial charge in [0, 0.05) is 23.5 Å². The Kier molecular flexibility index (Phi) is 9.04. The second-order valence-corrected chi connectivity index (χ2v) is 6.19. The van der Waals surface area contributed by atoms with Crippen LogP contribution in [0.4, 0.5) is 0 Å². The summed E-state index contributed by atoms with van der Waals surface area (Å²) in [5.41, 5.74) is 6.75. The molecule has 0 unspecified atom stereocenters. The van der Waals surface area contributed by atoms with Crippen molar-refractivity contribution in [1.29, 1.82) is 0 Å². The number of halogens is 2. The van der Waals surface area contributed by atoms with Crippen LogP contribution in [-0.4, -0.2) is 24.7 Å². The van der Waals surface area contributed by atoms with E-state index in [-0.39, 0.29) is 29.5 Å². The minimum absolute atomic E-state index is 0. The Morgan fingerprint density at radius 2 is 2.05 bits per heavy atom. The van der Waals surface area contributed by atoms with Gasteiger partial charge in [-0.1, -0.05) is 11.6 Å². The van der Waals surface area contributed by atoms with Crippen LogP contribution in [0, 0.1) is 6.92 Å². The van der Waals surface area contributed by atoms with Crippen molar-refractivity contribution >= 4 is 41.5 Å². The van der Waals surface area contributed by atoms with Crippen molar-refractivity contribution < 1.29 is 4.74 Å². The Morgan fingerprint density at radius 1 is 1.38 bits per heavy atom. The summed E-state index contributed by atoms with van der Waals surface area (Å²) in [6.45, 7) is 9.35. The fourth-order valence-corrected chi connectivity index (χ4v) is 1.87. The molecular weight excluding hydrogens is 401 g/mol. The second-order valence-electron chi connectivity index (χ2n) is 5.75. The average Bonchev–Trinajstić information content (AvgIpc) is 2.28. The minimum Gasteiger partial charge on any atom is -0.493 e. The van der Waals surface area contributed by atoms with Crippen LogP contribution >= 0.6 is 35.6 Å². The highest BCUT2D eigenvalue weighted by molar-refractivity contribution is 14.0. The van der Waals surface area contributed by atoms with Gasteiger partial charge in [0.25, 0.3) is 0 Å². The van der Waals surface area contributed by atoms with Crippen molar-refractivity contribution in [1.82, 2.24) is 5.32 Å². The number of hydrogen-bond donors (Lipinski definition) is 2. The maximum atomic E-state index is 5.89. The first kappa shape index (κ1) is 20.3. The number of ether oxygens (including phenoxy) is 1. The molecule has 1 aromatic rings. The summed E-state index contributed by atoms with van der Waals surface area (Å²) in [6.07, 6.45) is 0.814. The molecule has 0 saturated carbocycles. The largest absolute Gasteiger partial charge is 0.493 e. The van der Waals surface area contributed by atoms with Crippen molar-refractivity contribution in [2.24, 2.45) is 10.7 Å². The number of nitrogens with one attached hydrogen (secondary N) is 1. The number of benzene rings is 1. The van der Waals surface area contributed by atoms with E-state index in [4.69, 9.17) is 22.1 Å². The number of guanidine groups is 1. The summed E-state index contributed by atoms with van der Waals surface area (Å²) in [6, 6.07) is 5.60. The smallest absolute Gasteiger partial charge is 0.188 e. The molecule has 6 heteroatoms. The van der Waals surface area contributed by atoms with Crippen molar-refractivity contribution in [2.75, 3.05) is 13.2 Å². The van der Waals surface area contributed by atoms with Gasteiger partial charge in [-0.25, -0.2) is 0 Å². The molecular formula is C15H25ClIN3O. The van der Waals surface area contributed by atoms with Gasteiger partial charge in [-0.3, -0.25) is 4.99 Å². The lowest BCUT2D eigenvalue weighted by Gasteiger charge is -2.20. The highest BCUT2D eigenvalue weighted by Gasteiger charge is 2.09. The number of nitrogens with two attached hydrogens (primary N) is 1. The normalized spacial score (nSPS) is 11.8. The van der Waals surface area contributed by atoms with Crippen molar-refractivity contribution in [3.63, 3.8) is 0 Å². The maximum Gasteiger partial charge on any atom is 0.188 e. The van der Waals surface area contributed by atoms with E-state index in [1.54, 1.807) is 0 Å². The summed E-state index contributed by atoms with van der Waals surface area (Å²) in [5, 5.41) is 3.84. The van der Waals surface area contributed by atoms with Gasteiger partial charge in [0.2, 0.25) is 0 Å². The van der Waals surface area contributed by atoms with E-state index >= 15 is 0 Å². The predicted molar refractivity (Wildman–Crippen MR) is 101 cm³/mol. The zero-order chi connectivity index (χ0) is 15.2.